The summed E-state index contributed by atoms with van der Waals surface area (Å²) in [6, 6.07) is 0. The Balaban J connectivity index is 1.78. The molecule has 0 aliphatic carbocycles. The van der Waals surface area contributed by atoms with Crippen LogP contribution in [-0.4, -0.2) is 69.6 Å². The van der Waals surface area contributed by atoms with E-state index in [2.05, 4.69) is 9.62 Å². The molecule has 0 bridgehead atoms. The average Bonchev–Trinajstić information content (AvgIpc) is 2.88. The van der Waals surface area contributed by atoms with Crippen LogP contribution in [0.4, 0.5) is 0 Å². The van der Waals surface area contributed by atoms with Crippen LogP contribution < -0.4 is 4.72 Å². The third kappa shape index (κ3) is 5.03. The number of hydrogen-bond acceptors (Lipinski definition) is 4. The fraction of sp³-hybridized carbons (Fsp3) is 0.923. The van der Waals surface area contributed by atoms with E-state index in [-0.39, 0.29) is 12.5 Å². The highest BCUT2D eigenvalue weighted by atomic mass is 32.2. The van der Waals surface area contributed by atoms with Gasteiger partial charge in [-0.05, 0) is 44.7 Å². The molecule has 0 aromatic rings. The molecule has 2 saturated heterocycles. The van der Waals surface area contributed by atoms with Crippen LogP contribution >= 0.6 is 0 Å². The van der Waals surface area contributed by atoms with Crippen molar-refractivity contribution in [1.82, 2.24) is 14.5 Å². The maximum atomic E-state index is 12.0. The van der Waals surface area contributed by atoms with E-state index in [1.54, 1.807) is 0 Å². The second kappa shape index (κ2) is 6.87. The Bertz CT molecular complexity index is 432. The minimum absolute atomic E-state index is 0.110. The van der Waals surface area contributed by atoms with Crippen LogP contribution in [0.15, 0.2) is 0 Å². The van der Waals surface area contributed by atoms with Gasteiger partial charge in [-0.3, -0.25) is 4.79 Å². The summed E-state index contributed by atoms with van der Waals surface area (Å²) in [5, 5.41) is 0. The number of piperidine rings is 1. The van der Waals surface area contributed by atoms with Gasteiger partial charge in [0.1, 0.15) is 0 Å². The zero-order valence-corrected chi connectivity index (χ0v) is 13.0. The molecule has 116 valence electrons. The van der Waals surface area contributed by atoms with Crippen molar-refractivity contribution in [1.29, 1.82) is 0 Å². The highest BCUT2D eigenvalue weighted by Crippen LogP contribution is 2.19. The second-order valence-electron chi connectivity index (χ2n) is 5.95. The van der Waals surface area contributed by atoms with Gasteiger partial charge in [-0.15, -0.1) is 0 Å². The highest BCUT2D eigenvalue weighted by molar-refractivity contribution is 7.88. The summed E-state index contributed by atoms with van der Waals surface area (Å²) in [5.41, 5.74) is 0. The first kappa shape index (κ1) is 15.7. The summed E-state index contributed by atoms with van der Waals surface area (Å²) < 4.78 is 24.3. The number of rotatable bonds is 5. The van der Waals surface area contributed by atoms with Crippen molar-refractivity contribution in [3.63, 3.8) is 0 Å². The summed E-state index contributed by atoms with van der Waals surface area (Å²) in [7, 11) is -3.30. The lowest BCUT2D eigenvalue weighted by atomic mass is 9.97. The lowest BCUT2D eigenvalue weighted by Crippen LogP contribution is -2.46. The maximum absolute atomic E-state index is 12.0. The number of amides is 1. The number of nitrogens with zero attached hydrogens (tertiary/aromatic N) is 2. The zero-order chi connectivity index (χ0) is 14.6. The van der Waals surface area contributed by atoms with Gasteiger partial charge in [-0.25, -0.2) is 13.1 Å². The van der Waals surface area contributed by atoms with Crippen LogP contribution in [-0.2, 0) is 14.8 Å². The third-order valence-corrected chi connectivity index (χ3v) is 4.74. The molecule has 0 aromatic carbocycles. The molecule has 2 aliphatic heterocycles. The van der Waals surface area contributed by atoms with E-state index in [0.717, 1.165) is 32.3 Å². The van der Waals surface area contributed by atoms with Gasteiger partial charge >= 0.3 is 0 Å². The topological polar surface area (TPSA) is 69.7 Å². The van der Waals surface area contributed by atoms with E-state index in [9.17, 15) is 13.2 Å². The number of hydrogen-bond donors (Lipinski definition) is 1. The number of likely N-dealkylation sites (tertiary alicyclic amines) is 2. The standard InChI is InChI=1S/C13H25N3O3S/c1-20(18,19)14-9-13(17)16-8-4-5-12(11-16)10-15-6-2-3-7-15/h12,14H,2-11H2,1H3. The Morgan fingerprint density at radius 1 is 1.20 bits per heavy atom. The molecule has 2 rings (SSSR count). The van der Waals surface area contributed by atoms with Crippen molar-refractivity contribution in [2.75, 3.05) is 45.5 Å². The fourth-order valence-electron chi connectivity index (χ4n) is 3.08. The average molecular weight is 303 g/mol. The van der Waals surface area contributed by atoms with Gasteiger partial charge in [0.25, 0.3) is 0 Å². The Kier molecular flexibility index (Phi) is 5.40. The molecule has 0 spiro atoms. The van der Waals surface area contributed by atoms with Gasteiger partial charge in [0.05, 0.1) is 12.8 Å². The molecule has 7 heteroatoms. The quantitative estimate of drug-likeness (QED) is 0.768. The van der Waals surface area contributed by atoms with E-state index >= 15 is 0 Å². The normalized spacial score (nSPS) is 25.1. The lowest BCUT2D eigenvalue weighted by Gasteiger charge is -2.34. The van der Waals surface area contributed by atoms with Gasteiger partial charge in [-0.1, -0.05) is 0 Å². The van der Waals surface area contributed by atoms with Gasteiger partial charge in [0.15, 0.2) is 0 Å². The molecule has 0 saturated carbocycles. The first-order valence-corrected chi connectivity index (χ1v) is 9.28. The van der Waals surface area contributed by atoms with Crippen LogP contribution in [0.1, 0.15) is 25.7 Å². The van der Waals surface area contributed by atoms with Crippen molar-refractivity contribution in [3.05, 3.63) is 0 Å². The van der Waals surface area contributed by atoms with Gasteiger partial charge in [-0.2, -0.15) is 0 Å². The molecule has 0 aromatic heterocycles. The first-order chi connectivity index (χ1) is 9.44. The van der Waals surface area contributed by atoms with Crippen LogP contribution in [0.25, 0.3) is 0 Å². The van der Waals surface area contributed by atoms with Crippen molar-refractivity contribution in [2.45, 2.75) is 25.7 Å². The third-order valence-electron chi connectivity index (χ3n) is 4.07. The minimum Gasteiger partial charge on any atom is -0.341 e. The monoisotopic (exact) mass is 303 g/mol. The molecule has 1 amide bonds. The summed E-state index contributed by atoms with van der Waals surface area (Å²) in [6.45, 7) is 4.83. The molecular formula is C13H25N3O3S. The van der Waals surface area contributed by atoms with Crippen LogP contribution in [0, 0.1) is 5.92 Å². The van der Waals surface area contributed by atoms with E-state index in [1.165, 1.54) is 32.4 Å². The van der Waals surface area contributed by atoms with E-state index in [4.69, 9.17) is 0 Å². The molecule has 2 heterocycles. The van der Waals surface area contributed by atoms with Crippen molar-refractivity contribution in [3.8, 4) is 0 Å². The Hall–Kier alpha value is -0.660. The molecule has 2 fully saturated rings. The Morgan fingerprint density at radius 2 is 1.90 bits per heavy atom. The summed E-state index contributed by atoms with van der Waals surface area (Å²) in [5.74, 6) is 0.422. The van der Waals surface area contributed by atoms with E-state index in [0.29, 0.717) is 5.92 Å². The molecular weight excluding hydrogens is 278 g/mol. The molecule has 2 aliphatic rings. The maximum Gasteiger partial charge on any atom is 0.237 e. The SMILES string of the molecule is CS(=O)(=O)NCC(=O)N1CCCC(CN2CCCC2)C1. The first-order valence-electron chi connectivity index (χ1n) is 7.39. The number of carbonyl (C=O) groups excluding carboxylic acids is 1. The Morgan fingerprint density at radius 3 is 2.55 bits per heavy atom. The van der Waals surface area contributed by atoms with Crippen LogP contribution in [0.3, 0.4) is 0 Å². The smallest absolute Gasteiger partial charge is 0.237 e. The molecule has 0 radical (unpaired) electrons. The predicted octanol–water partition coefficient (Wildman–Crippen LogP) is -0.130. The molecule has 20 heavy (non-hydrogen) atoms. The Labute approximate surface area is 121 Å². The zero-order valence-electron chi connectivity index (χ0n) is 12.2. The number of sulfonamides is 1. The van der Waals surface area contributed by atoms with E-state index < -0.39 is 10.0 Å². The van der Waals surface area contributed by atoms with Crippen molar-refractivity contribution in [2.24, 2.45) is 5.92 Å². The summed E-state index contributed by atoms with van der Waals surface area (Å²) in [4.78, 5) is 16.3. The van der Waals surface area contributed by atoms with Crippen LogP contribution in [0.5, 0.6) is 0 Å². The number of nitrogens with one attached hydrogen (secondary N) is 1. The summed E-state index contributed by atoms with van der Waals surface area (Å²) in [6.07, 6.45) is 5.83. The van der Waals surface area contributed by atoms with Crippen molar-refractivity contribution >= 4 is 15.9 Å². The fourth-order valence-corrected chi connectivity index (χ4v) is 3.46. The molecule has 1 unspecified atom stereocenters. The van der Waals surface area contributed by atoms with Gasteiger partial charge in [0.2, 0.25) is 15.9 Å². The summed E-state index contributed by atoms with van der Waals surface area (Å²) >= 11 is 0. The largest absolute Gasteiger partial charge is 0.341 e. The lowest BCUT2D eigenvalue weighted by molar-refractivity contribution is -0.131. The number of carbonyl (C=O) groups is 1. The second-order valence-corrected chi connectivity index (χ2v) is 7.78. The van der Waals surface area contributed by atoms with E-state index in [1.807, 2.05) is 4.90 Å². The van der Waals surface area contributed by atoms with Gasteiger partial charge < -0.3 is 9.80 Å². The molecule has 1 N–H and O–H groups in total. The minimum atomic E-state index is -3.30. The van der Waals surface area contributed by atoms with Crippen LogP contribution in [0.2, 0.25) is 0 Å². The van der Waals surface area contributed by atoms with Crippen molar-refractivity contribution < 1.29 is 13.2 Å². The van der Waals surface area contributed by atoms with Gasteiger partial charge in [0, 0.05) is 19.6 Å². The highest BCUT2D eigenvalue weighted by Gasteiger charge is 2.26. The molecule has 6 nitrogen and oxygen atoms in total. The predicted molar refractivity (Wildman–Crippen MR) is 77.8 cm³/mol. The molecule has 1 atom stereocenters.